The molecule has 0 aliphatic carbocycles. The van der Waals surface area contributed by atoms with Crippen LogP contribution in [0, 0.1) is 6.92 Å². The molecule has 4 nitrogen and oxygen atoms in total. The fraction of sp³-hybridized carbons (Fsp3) is 0.308. The lowest BCUT2D eigenvalue weighted by atomic mass is 10.0. The first-order valence-electron chi connectivity index (χ1n) is 5.72. The highest BCUT2D eigenvalue weighted by atomic mass is 16.1. The molecule has 2 rings (SSSR count). The van der Waals surface area contributed by atoms with E-state index in [0.717, 1.165) is 36.1 Å². The van der Waals surface area contributed by atoms with E-state index in [1.165, 1.54) is 0 Å². The van der Waals surface area contributed by atoms with Crippen molar-refractivity contribution in [3.63, 3.8) is 0 Å². The third-order valence-electron chi connectivity index (χ3n) is 2.71. The van der Waals surface area contributed by atoms with Gasteiger partial charge in [-0.3, -0.25) is 4.79 Å². The standard InChI is InChI=1S/C13H15N3O/c1-3-8-16-13(12(9-17)14-15-16)11-7-5-4-6-10(11)2/h4-7,9H,3,8H2,1-2H3. The number of benzene rings is 1. The summed E-state index contributed by atoms with van der Waals surface area (Å²) in [5.41, 5.74) is 3.37. The minimum atomic E-state index is 0.410. The summed E-state index contributed by atoms with van der Waals surface area (Å²) in [5, 5.41) is 7.95. The highest BCUT2D eigenvalue weighted by molar-refractivity contribution is 5.84. The van der Waals surface area contributed by atoms with Crippen LogP contribution in [0.15, 0.2) is 24.3 Å². The summed E-state index contributed by atoms with van der Waals surface area (Å²) in [6.45, 7) is 4.86. The lowest BCUT2D eigenvalue weighted by Gasteiger charge is -2.08. The molecule has 0 fully saturated rings. The van der Waals surface area contributed by atoms with Gasteiger partial charge in [0.25, 0.3) is 0 Å². The van der Waals surface area contributed by atoms with E-state index in [4.69, 9.17) is 0 Å². The van der Waals surface area contributed by atoms with E-state index < -0.39 is 0 Å². The van der Waals surface area contributed by atoms with Gasteiger partial charge in [-0.15, -0.1) is 5.10 Å². The van der Waals surface area contributed by atoms with Crippen molar-refractivity contribution >= 4 is 6.29 Å². The van der Waals surface area contributed by atoms with Gasteiger partial charge in [-0.25, -0.2) is 4.68 Å². The first-order chi connectivity index (χ1) is 8.27. The van der Waals surface area contributed by atoms with Crippen molar-refractivity contribution in [3.8, 4) is 11.3 Å². The van der Waals surface area contributed by atoms with Crippen LogP contribution in [-0.2, 0) is 6.54 Å². The molecule has 0 bridgehead atoms. The van der Waals surface area contributed by atoms with Crippen molar-refractivity contribution < 1.29 is 4.79 Å². The largest absolute Gasteiger partial charge is 0.296 e. The number of aromatic nitrogens is 3. The minimum Gasteiger partial charge on any atom is -0.296 e. The Bertz CT molecular complexity index is 531. The highest BCUT2D eigenvalue weighted by Gasteiger charge is 2.15. The Morgan fingerprint density at radius 3 is 2.76 bits per heavy atom. The van der Waals surface area contributed by atoms with Crippen molar-refractivity contribution in [3.05, 3.63) is 35.5 Å². The fourth-order valence-electron chi connectivity index (χ4n) is 1.89. The Morgan fingerprint density at radius 1 is 1.35 bits per heavy atom. The molecule has 0 radical (unpaired) electrons. The Kier molecular flexibility index (Phi) is 3.32. The lowest BCUT2D eigenvalue weighted by molar-refractivity contribution is 0.111. The lowest BCUT2D eigenvalue weighted by Crippen LogP contribution is -2.03. The summed E-state index contributed by atoms with van der Waals surface area (Å²) >= 11 is 0. The zero-order chi connectivity index (χ0) is 12.3. The maximum Gasteiger partial charge on any atom is 0.172 e. The topological polar surface area (TPSA) is 47.8 Å². The smallest absolute Gasteiger partial charge is 0.172 e. The van der Waals surface area contributed by atoms with Crippen LogP contribution in [0.2, 0.25) is 0 Å². The second-order valence-electron chi connectivity index (χ2n) is 3.98. The molecule has 0 N–H and O–H groups in total. The van der Waals surface area contributed by atoms with Crippen molar-refractivity contribution in [1.29, 1.82) is 0 Å². The second kappa shape index (κ2) is 4.91. The van der Waals surface area contributed by atoms with Crippen LogP contribution in [0.25, 0.3) is 11.3 Å². The Labute approximate surface area is 100 Å². The second-order valence-corrected chi connectivity index (χ2v) is 3.98. The van der Waals surface area contributed by atoms with E-state index in [9.17, 15) is 4.79 Å². The van der Waals surface area contributed by atoms with Gasteiger partial charge in [-0.1, -0.05) is 36.4 Å². The maximum absolute atomic E-state index is 11.0. The first-order valence-corrected chi connectivity index (χ1v) is 5.72. The van der Waals surface area contributed by atoms with Gasteiger partial charge in [-0.2, -0.15) is 0 Å². The number of nitrogens with zero attached hydrogens (tertiary/aromatic N) is 3. The van der Waals surface area contributed by atoms with Gasteiger partial charge in [-0.05, 0) is 18.9 Å². The van der Waals surface area contributed by atoms with Crippen LogP contribution in [0.3, 0.4) is 0 Å². The molecule has 4 heteroatoms. The normalized spacial score (nSPS) is 10.5. The molecule has 88 valence electrons. The zero-order valence-corrected chi connectivity index (χ0v) is 10.1. The number of hydrogen-bond acceptors (Lipinski definition) is 3. The van der Waals surface area contributed by atoms with Gasteiger partial charge < -0.3 is 0 Å². The number of rotatable bonds is 4. The molecule has 0 aliphatic heterocycles. The van der Waals surface area contributed by atoms with Gasteiger partial charge in [0.2, 0.25) is 0 Å². The number of aryl methyl sites for hydroxylation is 2. The molecule has 0 spiro atoms. The van der Waals surface area contributed by atoms with Crippen molar-refractivity contribution in [2.75, 3.05) is 0 Å². The predicted molar refractivity (Wildman–Crippen MR) is 65.9 cm³/mol. The molecule has 0 saturated carbocycles. The molecule has 1 aromatic carbocycles. The number of carbonyl (C=O) groups is 1. The van der Waals surface area contributed by atoms with Gasteiger partial charge >= 0.3 is 0 Å². The molecule has 1 heterocycles. The van der Waals surface area contributed by atoms with Crippen molar-refractivity contribution in [2.24, 2.45) is 0 Å². The monoisotopic (exact) mass is 229 g/mol. The first kappa shape index (κ1) is 11.5. The number of carbonyl (C=O) groups excluding carboxylic acids is 1. The Balaban J connectivity index is 2.60. The van der Waals surface area contributed by atoms with E-state index >= 15 is 0 Å². The SMILES string of the molecule is CCCn1nnc(C=O)c1-c1ccccc1C. The molecule has 1 aromatic heterocycles. The summed E-state index contributed by atoms with van der Waals surface area (Å²) in [4.78, 5) is 11.0. The Morgan fingerprint density at radius 2 is 2.12 bits per heavy atom. The van der Waals surface area contributed by atoms with E-state index in [1.807, 2.05) is 31.2 Å². The van der Waals surface area contributed by atoms with E-state index in [0.29, 0.717) is 5.69 Å². The Hall–Kier alpha value is -1.97. The molecular formula is C13H15N3O. The van der Waals surface area contributed by atoms with Crippen LogP contribution in [0.4, 0.5) is 0 Å². The van der Waals surface area contributed by atoms with Gasteiger partial charge in [0, 0.05) is 12.1 Å². The molecular weight excluding hydrogens is 214 g/mol. The van der Waals surface area contributed by atoms with Crippen LogP contribution >= 0.6 is 0 Å². The summed E-state index contributed by atoms with van der Waals surface area (Å²) in [6.07, 6.45) is 1.72. The minimum absolute atomic E-state index is 0.410. The van der Waals surface area contributed by atoms with E-state index in [-0.39, 0.29) is 0 Å². The molecule has 2 aromatic rings. The summed E-state index contributed by atoms with van der Waals surface area (Å²) in [6, 6.07) is 7.95. The highest BCUT2D eigenvalue weighted by Crippen LogP contribution is 2.24. The number of aldehydes is 1. The molecule has 17 heavy (non-hydrogen) atoms. The molecule has 0 amide bonds. The zero-order valence-electron chi connectivity index (χ0n) is 10.1. The van der Waals surface area contributed by atoms with Crippen LogP contribution in [0.5, 0.6) is 0 Å². The average Bonchev–Trinajstić information content (AvgIpc) is 2.73. The fourth-order valence-corrected chi connectivity index (χ4v) is 1.89. The third-order valence-corrected chi connectivity index (χ3v) is 2.71. The number of hydrogen-bond donors (Lipinski definition) is 0. The summed E-state index contributed by atoms with van der Waals surface area (Å²) in [7, 11) is 0. The third kappa shape index (κ3) is 2.11. The van der Waals surface area contributed by atoms with Gasteiger partial charge in [0.05, 0.1) is 5.69 Å². The van der Waals surface area contributed by atoms with Gasteiger partial charge in [0.15, 0.2) is 12.0 Å². The molecule has 0 aliphatic rings. The molecule has 0 unspecified atom stereocenters. The van der Waals surface area contributed by atoms with Crippen LogP contribution < -0.4 is 0 Å². The molecule has 0 atom stereocenters. The van der Waals surface area contributed by atoms with Crippen LogP contribution in [0.1, 0.15) is 29.4 Å². The summed E-state index contributed by atoms with van der Waals surface area (Å²) < 4.78 is 1.80. The van der Waals surface area contributed by atoms with Crippen molar-refractivity contribution in [1.82, 2.24) is 15.0 Å². The van der Waals surface area contributed by atoms with E-state index in [2.05, 4.69) is 17.2 Å². The predicted octanol–water partition coefficient (Wildman–Crippen LogP) is 2.48. The average molecular weight is 229 g/mol. The van der Waals surface area contributed by atoms with Crippen molar-refractivity contribution in [2.45, 2.75) is 26.8 Å². The molecule has 0 saturated heterocycles. The van der Waals surface area contributed by atoms with E-state index in [1.54, 1.807) is 4.68 Å². The maximum atomic E-state index is 11.0. The quantitative estimate of drug-likeness (QED) is 0.757. The summed E-state index contributed by atoms with van der Waals surface area (Å²) in [5.74, 6) is 0. The van der Waals surface area contributed by atoms with Gasteiger partial charge in [0.1, 0.15) is 0 Å². The van der Waals surface area contributed by atoms with Crippen LogP contribution in [-0.4, -0.2) is 21.3 Å².